The molecule has 0 atom stereocenters. The summed E-state index contributed by atoms with van der Waals surface area (Å²) >= 11 is 1.25. The topological polar surface area (TPSA) is 85.3 Å². The third kappa shape index (κ3) is 4.45. The molecule has 2 rings (SSSR count). The zero-order valence-corrected chi connectivity index (χ0v) is 15.9. The van der Waals surface area contributed by atoms with Crippen molar-refractivity contribution >= 4 is 33.8 Å². The van der Waals surface area contributed by atoms with Crippen molar-refractivity contribution in [1.29, 1.82) is 0 Å². The highest BCUT2D eigenvalue weighted by Crippen LogP contribution is 2.23. The molecule has 0 aromatic carbocycles. The maximum absolute atomic E-state index is 11.7. The van der Waals surface area contributed by atoms with Gasteiger partial charge in [0.05, 0.1) is 18.4 Å². The molecule has 0 aliphatic rings. The summed E-state index contributed by atoms with van der Waals surface area (Å²) < 4.78 is 33.1. The SMILES string of the molecule is CNS(=O)(=O)c1ccc(CNCc2c(C)nn(C)c2OC)s1.Cl. The van der Waals surface area contributed by atoms with Crippen LogP contribution in [0.15, 0.2) is 16.3 Å². The van der Waals surface area contributed by atoms with Gasteiger partial charge in [0, 0.05) is 25.0 Å². The van der Waals surface area contributed by atoms with E-state index in [9.17, 15) is 8.42 Å². The molecule has 23 heavy (non-hydrogen) atoms. The van der Waals surface area contributed by atoms with Gasteiger partial charge in [0.1, 0.15) is 4.21 Å². The molecule has 2 heterocycles. The van der Waals surface area contributed by atoms with Crippen molar-refractivity contribution in [3.63, 3.8) is 0 Å². The number of thiophene rings is 1. The number of methoxy groups -OCH3 is 1. The molecule has 0 fully saturated rings. The van der Waals surface area contributed by atoms with Crippen molar-refractivity contribution in [3.8, 4) is 5.88 Å². The Hall–Kier alpha value is -1.13. The number of nitrogens with one attached hydrogen (secondary N) is 2. The molecule has 0 radical (unpaired) electrons. The third-order valence-corrected chi connectivity index (χ3v) is 6.25. The fraction of sp³-hybridized carbons (Fsp3) is 0.462. The van der Waals surface area contributed by atoms with Gasteiger partial charge < -0.3 is 10.1 Å². The number of hydrogen-bond acceptors (Lipinski definition) is 6. The smallest absolute Gasteiger partial charge is 0.249 e. The van der Waals surface area contributed by atoms with E-state index < -0.39 is 10.0 Å². The molecule has 2 N–H and O–H groups in total. The van der Waals surface area contributed by atoms with Crippen LogP contribution in [0.1, 0.15) is 16.1 Å². The number of aryl methyl sites for hydroxylation is 2. The molecule has 7 nitrogen and oxygen atoms in total. The lowest BCUT2D eigenvalue weighted by atomic mass is 10.2. The van der Waals surface area contributed by atoms with Gasteiger partial charge in [-0.25, -0.2) is 17.8 Å². The summed E-state index contributed by atoms with van der Waals surface area (Å²) in [5, 5.41) is 7.61. The molecule has 0 saturated heterocycles. The van der Waals surface area contributed by atoms with Crippen molar-refractivity contribution in [2.75, 3.05) is 14.2 Å². The van der Waals surface area contributed by atoms with Crippen LogP contribution >= 0.6 is 23.7 Å². The van der Waals surface area contributed by atoms with Crippen LogP contribution in [0.2, 0.25) is 0 Å². The molecule has 2 aromatic heterocycles. The molecule has 0 unspecified atom stereocenters. The second-order valence-corrected chi connectivity index (χ2v) is 8.01. The lowest BCUT2D eigenvalue weighted by molar-refractivity contribution is 0.368. The van der Waals surface area contributed by atoms with Crippen LogP contribution in [0, 0.1) is 6.92 Å². The summed E-state index contributed by atoms with van der Waals surface area (Å²) in [6.07, 6.45) is 0. The summed E-state index contributed by atoms with van der Waals surface area (Å²) in [5.74, 6) is 0.731. The Kier molecular flexibility index (Phi) is 7.02. The van der Waals surface area contributed by atoms with Crippen LogP contribution in [0.3, 0.4) is 0 Å². The van der Waals surface area contributed by atoms with E-state index >= 15 is 0 Å². The van der Waals surface area contributed by atoms with Crippen LogP contribution in [-0.4, -0.2) is 32.4 Å². The maximum atomic E-state index is 11.7. The van der Waals surface area contributed by atoms with Gasteiger partial charge in [-0.2, -0.15) is 5.10 Å². The highest BCUT2D eigenvalue weighted by atomic mass is 35.5. The minimum Gasteiger partial charge on any atom is -0.481 e. The largest absolute Gasteiger partial charge is 0.481 e. The lowest BCUT2D eigenvalue weighted by Gasteiger charge is -2.06. The van der Waals surface area contributed by atoms with Crippen LogP contribution in [0.25, 0.3) is 0 Å². The van der Waals surface area contributed by atoms with Gasteiger partial charge in [0.25, 0.3) is 0 Å². The van der Waals surface area contributed by atoms with E-state index in [4.69, 9.17) is 4.74 Å². The van der Waals surface area contributed by atoms with Crippen molar-refractivity contribution in [2.45, 2.75) is 24.2 Å². The van der Waals surface area contributed by atoms with Crippen molar-refractivity contribution in [3.05, 3.63) is 28.3 Å². The quantitative estimate of drug-likeness (QED) is 0.758. The maximum Gasteiger partial charge on any atom is 0.249 e. The van der Waals surface area contributed by atoms with E-state index in [1.54, 1.807) is 17.9 Å². The van der Waals surface area contributed by atoms with Crippen LogP contribution in [0.4, 0.5) is 0 Å². The molecule has 130 valence electrons. The van der Waals surface area contributed by atoms with Gasteiger partial charge in [-0.15, -0.1) is 23.7 Å². The molecule has 0 aliphatic heterocycles. The van der Waals surface area contributed by atoms with E-state index in [1.807, 2.05) is 20.0 Å². The minimum absolute atomic E-state index is 0. The summed E-state index contributed by atoms with van der Waals surface area (Å²) in [7, 11) is 1.50. The standard InChI is InChI=1S/C13H20N4O3S2.ClH/c1-9-11(13(20-4)17(3)16-9)8-15-7-10-5-6-12(21-10)22(18,19)14-2;/h5-6,14-15H,7-8H2,1-4H3;1H. The Balaban J connectivity index is 0.00000264. The lowest BCUT2D eigenvalue weighted by Crippen LogP contribution is -2.17. The van der Waals surface area contributed by atoms with Gasteiger partial charge in [-0.3, -0.25) is 0 Å². The number of sulfonamides is 1. The van der Waals surface area contributed by atoms with Gasteiger partial charge in [0.2, 0.25) is 15.9 Å². The first-order valence-electron chi connectivity index (χ1n) is 6.68. The first kappa shape index (κ1) is 19.9. The van der Waals surface area contributed by atoms with E-state index in [1.165, 1.54) is 18.4 Å². The average molecular weight is 381 g/mol. The Morgan fingerprint density at radius 1 is 1.35 bits per heavy atom. The molecule has 10 heteroatoms. The third-order valence-electron chi connectivity index (χ3n) is 3.25. The van der Waals surface area contributed by atoms with Gasteiger partial charge in [-0.05, 0) is 26.1 Å². The normalized spacial score (nSPS) is 11.3. The summed E-state index contributed by atoms with van der Waals surface area (Å²) in [6, 6.07) is 3.43. The van der Waals surface area contributed by atoms with Crippen LogP contribution in [-0.2, 0) is 30.2 Å². The summed E-state index contributed by atoms with van der Waals surface area (Å²) in [6.45, 7) is 3.12. The molecule has 0 spiro atoms. The fourth-order valence-electron chi connectivity index (χ4n) is 2.15. The monoisotopic (exact) mass is 380 g/mol. The molecule has 2 aromatic rings. The molecular weight excluding hydrogens is 360 g/mol. The first-order chi connectivity index (χ1) is 10.4. The van der Waals surface area contributed by atoms with E-state index in [0.717, 1.165) is 22.0 Å². The van der Waals surface area contributed by atoms with E-state index in [0.29, 0.717) is 17.3 Å². The van der Waals surface area contributed by atoms with Crippen LogP contribution < -0.4 is 14.8 Å². The zero-order chi connectivity index (χ0) is 16.3. The number of halogens is 1. The minimum atomic E-state index is -3.36. The Morgan fingerprint density at radius 2 is 2.04 bits per heavy atom. The van der Waals surface area contributed by atoms with Crippen molar-refractivity contribution < 1.29 is 13.2 Å². The molecule has 0 aliphatic carbocycles. The van der Waals surface area contributed by atoms with Crippen molar-refractivity contribution in [2.24, 2.45) is 7.05 Å². The number of hydrogen-bond donors (Lipinski definition) is 2. The Labute approximate surface area is 146 Å². The molecule has 0 amide bonds. The molecular formula is C13H21ClN4O3S2. The highest BCUT2D eigenvalue weighted by Gasteiger charge is 2.15. The predicted octanol–water partition coefficient (Wildman–Crippen LogP) is 1.42. The second-order valence-electron chi connectivity index (χ2n) is 4.73. The Bertz CT molecular complexity index is 755. The summed E-state index contributed by atoms with van der Waals surface area (Å²) in [4.78, 5) is 0.953. The van der Waals surface area contributed by atoms with Crippen molar-refractivity contribution in [1.82, 2.24) is 19.8 Å². The van der Waals surface area contributed by atoms with E-state index in [-0.39, 0.29) is 12.4 Å². The number of nitrogens with zero attached hydrogens (tertiary/aromatic N) is 2. The molecule has 0 bridgehead atoms. The number of rotatable bonds is 7. The first-order valence-corrected chi connectivity index (χ1v) is 8.98. The zero-order valence-electron chi connectivity index (χ0n) is 13.4. The molecule has 0 saturated carbocycles. The van der Waals surface area contributed by atoms with Gasteiger partial charge >= 0.3 is 0 Å². The van der Waals surface area contributed by atoms with Crippen LogP contribution in [0.5, 0.6) is 5.88 Å². The van der Waals surface area contributed by atoms with E-state index in [2.05, 4.69) is 15.1 Å². The highest BCUT2D eigenvalue weighted by molar-refractivity contribution is 7.91. The Morgan fingerprint density at radius 3 is 2.65 bits per heavy atom. The summed E-state index contributed by atoms with van der Waals surface area (Å²) in [5.41, 5.74) is 1.92. The fourth-order valence-corrected chi connectivity index (χ4v) is 4.31. The van der Waals surface area contributed by atoms with Gasteiger partial charge in [-0.1, -0.05) is 0 Å². The average Bonchev–Trinajstić information content (AvgIpc) is 3.05. The predicted molar refractivity (Wildman–Crippen MR) is 92.9 cm³/mol. The second kappa shape index (κ2) is 8.11. The van der Waals surface area contributed by atoms with Gasteiger partial charge in [0.15, 0.2) is 0 Å². The number of ether oxygens (including phenoxy) is 1. The number of aromatic nitrogens is 2.